The first-order valence-electron chi connectivity index (χ1n) is 10.1. The van der Waals surface area contributed by atoms with Crippen LogP contribution in [0.15, 0.2) is 42.5 Å². The normalized spacial score (nSPS) is 10.7. The SMILES string of the molecule is CCN(CC)C(=O)c1cc(-c2ccc(OC)cc2OC)nn1-c1cc(C)ccc1C. The van der Waals surface area contributed by atoms with E-state index in [1.54, 1.807) is 23.8 Å². The van der Waals surface area contributed by atoms with Crippen LogP contribution >= 0.6 is 0 Å². The van der Waals surface area contributed by atoms with Crippen LogP contribution in [0.5, 0.6) is 11.5 Å². The van der Waals surface area contributed by atoms with E-state index in [0.717, 1.165) is 22.4 Å². The van der Waals surface area contributed by atoms with Gasteiger partial charge in [0, 0.05) is 24.7 Å². The summed E-state index contributed by atoms with van der Waals surface area (Å²) in [6.45, 7) is 9.28. The number of carbonyl (C=O) groups excluding carboxylic acids is 1. The van der Waals surface area contributed by atoms with Gasteiger partial charge in [-0.1, -0.05) is 12.1 Å². The van der Waals surface area contributed by atoms with Gasteiger partial charge in [-0.2, -0.15) is 5.10 Å². The summed E-state index contributed by atoms with van der Waals surface area (Å²) in [5, 5.41) is 4.84. The molecule has 0 aliphatic rings. The zero-order chi connectivity index (χ0) is 21.8. The topological polar surface area (TPSA) is 56.6 Å². The third kappa shape index (κ3) is 4.03. The third-order valence-electron chi connectivity index (χ3n) is 5.26. The van der Waals surface area contributed by atoms with Crippen molar-refractivity contribution in [1.82, 2.24) is 14.7 Å². The third-order valence-corrected chi connectivity index (χ3v) is 5.26. The average Bonchev–Trinajstić information content (AvgIpc) is 3.20. The fourth-order valence-electron chi connectivity index (χ4n) is 3.48. The van der Waals surface area contributed by atoms with E-state index in [1.807, 2.05) is 58.0 Å². The van der Waals surface area contributed by atoms with E-state index in [1.165, 1.54) is 0 Å². The number of nitrogens with zero attached hydrogens (tertiary/aromatic N) is 3. The number of aromatic nitrogens is 2. The average molecular weight is 408 g/mol. The molecule has 30 heavy (non-hydrogen) atoms. The minimum Gasteiger partial charge on any atom is -0.497 e. The lowest BCUT2D eigenvalue weighted by Crippen LogP contribution is -2.32. The highest BCUT2D eigenvalue weighted by Gasteiger charge is 2.23. The summed E-state index contributed by atoms with van der Waals surface area (Å²) in [4.78, 5) is 15.1. The van der Waals surface area contributed by atoms with E-state index in [-0.39, 0.29) is 5.91 Å². The lowest BCUT2D eigenvalue weighted by Gasteiger charge is -2.19. The first-order valence-corrected chi connectivity index (χ1v) is 10.1. The molecule has 0 spiro atoms. The smallest absolute Gasteiger partial charge is 0.272 e. The van der Waals surface area contributed by atoms with Crippen molar-refractivity contribution in [2.75, 3.05) is 27.3 Å². The number of hydrogen-bond donors (Lipinski definition) is 0. The standard InChI is InChI=1S/C24H29N3O3/c1-7-26(8-2)24(28)22-15-20(19-12-11-18(29-5)14-23(19)30-6)25-27(22)21-13-16(3)9-10-17(21)4/h9-15H,7-8H2,1-6H3. The molecule has 6 heteroatoms. The van der Waals surface area contributed by atoms with E-state index in [2.05, 4.69) is 12.1 Å². The molecule has 0 saturated heterocycles. The van der Waals surface area contributed by atoms with Crippen LogP contribution in [-0.4, -0.2) is 47.9 Å². The van der Waals surface area contributed by atoms with Crippen molar-refractivity contribution in [3.63, 3.8) is 0 Å². The van der Waals surface area contributed by atoms with Crippen molar-refractivity contribution in [3.05, 3.63) is 59.3 Å². The highest BCUT2D eigenvalue weighted by Crippen LogP contribution is 2.34. The molecule has 2 aromatic carbocycles. The summed E-state index contributed by atoms with van der Waals surface area (Å²) in [5.41, 5.74) is 5.05. The van der Waals surface area contributed by atoms with Crippen molar-refractivity contribution >= 4 is 5.91 Å². The largest absolute Gasteiger partial charge is 0.497 e. The second-order valence-electron chi connectivity index (χ2n) is 7.16. The number of ether oxygens (including phenoxy) is 2. The molecule has 1 amide bonds. The highest BCUT2D eigenvalue weighted by molar-refractivity contribution is 5.94. The molecular formula is C24H29N3O3. The van der Waals surface area contributed by atoms with Gasteiger partial charge in [0.1, 0.15) is 17.2 Å². The zero-order valence-electron chi connectivity index (χ0n) is 18.5. The second kappa shape index (κ2) is 9.03. The molecule has 0 unspecified atom stereocenters. The minimum atomic E-state index is -0.0489. The number of carbonyl (C=O) groups is 1. The Balaban J connectivity index is 2.23. The van der Waals surface area contributed by atoms with E-state index in [9.17, 15) is 4.79 Å². The number of benzene rings is 2. The molecule has 0 atom stereocenters. The summed E-state index contributed by atoms with van der Waals surface area (Å²) in [6, 6.07) is 13.6. The Morgan fingerprint density at radius 1 is 1.00 bits per heavy atom. The molecule has 6 nitrogen and oxygen atoms in total. The maximum atomic E-state index is 13.3. The summed E-state index contributed by atoms with van der Waals surface area (Å²) >= 11 is 0. The lowest BCUT2D eigenvalue weighted by atomic mass is 10.1. The molecule has 0 aliphatic heterocycles. The molecule has 0 radical (unpaired) electrons. The zero-order valence-corrected chi connectivity index (χ0v) is 18.5. The van der Waals surface area contributed by atoms with Crippen LogP contribution in [0.25, 0.3) is 16.9 Å². The summed E-state index contributed by atoms with van der Waals surface area (Å²) < 4.78 is 12.6. The van der Waals surface area contributed by atoms with Crippen LogP contribution in [0.2, 0.25) is 0 Å². The number of hydrogen-bond acceptors (Lipinski definition) is 4. The molecular weight excluding hydrogens is 378 g/mol. The van der Waals surface area contributed by atoms with E-state index >= 15 is 0 Å². The van der Waals surface area contributed by atoms with Gasteiger partial charge < -0.3 is 14.4 Å². The maximum absolute atomic E-state index is 13.3. The lowest BCUT2D eigenvalue weighted by molar-refractivity contribution is 0.0764. The molecule has 3 rings (SSSR count). The Kier molecular flexibility index (Phi) is 6.45. The van der Waals surface area contributed by atoms with Gasteiger partial charge in [-0.05, 0) is 63.1 Å². The van der Waals surface area contributed by atoms with Crippen LogP contribution in [0, 0.1) is 13.8 Å². The van der Waals surface area contributed by atoms with Crippen LogP contribution in [-0.2, 0) is 0 Å². The molecule has 0 fully saturated rings. The molecule has 3 aromatic rings. The van der Waals surface area contributed by atoms with Gasteiger partial charge in [0.15, 0.2) is 0 Å². The van der Waals surface area contributed by atoms with Gasteiger partial charge >= 0.3 is 0 Å². The molecule has 0 bridgehead atoms. The van der Waals surface area contributed by atoms with Crippen molar-refractivity contribution in [1.29, 1.82) is 0 Å². The van der Waals surface area contributed by atoms with Gasteiger partial charge in [-0.3, -0.25) is 4.79 Å². The van der Waals surface area contributed by atoms with Crippen LogP contribution in [0.4, 0.5) is 0 Å². The number of methoxy groups -OCH3 is 2. The Bertz CT molecular complexity index is 1050. The summed E-state index contributed by atoms with van der Waals surface area (Å²) in [6.07, 6.45) is 0. The van der Waals surface area contributed by atoms with Crippen LogP contribution in [0.1, 0.15) is 35.5 Å². The van der Waals surface area contributed by atoms with Crippen molar-refractivity contribution in [2.45, 2.75) is 27.7 Å². The molecule has 158 valence electrons. The molecule has 0 aliphatic carbocycles. The van der Waals surface area contributed by atoms with E-state index in [0.29, 0.717) is 36.0 Å². The molecule has 0 saturated carbocycles. The molecule has 0 N–H and O–H groups in total. The first-order chi connectivity index (χ1) is 14.4. The van der Waals surface area contributed by atoms with E-state index < -0.39 is 0 Å². The van der Waals surface area contributed by atoms with E-state index in [4.69, 9.17) is 14.6 Å². The minimum absolute atomic E-state index is 0.0489. The van der Waals surface area contributed by atoms with Gasteiger partial charge in [0.05, 0.1) is 25.6 Å². The fourth-order valence-corrected chi connectivity index (χ4v) is 3.48. The van der Waals surface area contributed by atoms with Gasteiger partial charge in [-0.25, -0.2) is 4.68 Å². The van der Waals surface area contributed by atoms with Gasteiger partial charge in [-0.15, -0.1) is 0 Å². The monoisotopic (exact) mass is 407 g/mol. The summed E-state index contributed by atoms with van der Waals surface area (Å²) in [7, 11) is 3.23. The van der Waals surface area contributed by atoms with Crippen molar-refractivity contribution in [3.8, 4) is 28.4 Å². The van der Waals surface area contributed by atoms with Crippen LogP contribution < -0.4 is 9.47 Å². The maximum Gasteiger partial charge on any atom is 0.272 e. The predicted molar refractivity (Wildman–Crippen MR) is 119 cm³/mol. The molecule has 1 heterocycles. The highest BCUT2D eigenvalue weighted by atomic mass is 16.5. The van der Waals surface area contributed by atoms with Crippen LogP contribution in [0.3, 0.4) is 0 Å². The van der Waals surface area contributed by atoms with Crippen molar-refractivity contribution in [2.24, 2.45) is 0 Å². The van der Waals surface area contributed by atoms with Gasteiger partial charge in [0.25, 0.3) is 5.91 Å². The first kappa shape index (κ1) is 21.4. The number of rotatable bonds is 7. The Morgan fingerprint density at radius 3 is 2.37 bits per heavy atom. The van der Waals surface area contributed by atoms with Gasteiger partial charge in [0.2, 0.25) is 0 Å². The fraction of sp³-hybridized carbons (Fsp3) is 0.333. The summed E-state index contributed by atoms with van der Waals surface area (Å²) in [5.74, 6) is 1.29. The predicted octanol–water partition coefficient (Wildman–Crippen LogP) is 4.66. The quantitative estimate of drug-likeness (QED) is 0.572. The molecule has 1 aromatic heterocycles. The Hall–Kier alpha value is -3.28. The van der Waals surface area contributed by atoms with Crippen molar-refractivity contribution < 1.29 is 14.3 Å². The Labute approximate surface area is 178 Å². The number of aryl methyl sites for hydroxylation is 2. The number of amides is 1. The second-order valence-corrected chi connectivity index (χ2v) is 7.16. The Morgan fingerprint density at radius 2 is 1.73 bits per heavy atom.